The van der Waals surface area contributed by atoms with Gasteiger partial charge in [-0.25, -0.2) is 0 Å². The molecule has 3 heteroatoms. The summed E-state index contributed by atoms with van der Waals surface area (Å²) in [5.74, 6) is 2.13. The fraction of sp³-hybridized carbons (Fsp3) is 0.667. The molecule has 0 fully saturated rings. The zero-order valence-electron chi connectivity index (χ0n) is 9.86. The van der Waals surface area contributed by atoms with E-state index in [1.807, 2.05) is 12.1 Å². The Kier molecular flexibility index (Phi) is 4.85. The van der Waals surface area contributed by atoms with E-state index >= 15 is 0 Å². The molecule has 0 saturated carbocycles. The van der Waals surface area contributed by atoms with Gasteiger partial charge in [0, 0.05) is 6.54 Å². The molecule has 1 rings (SSSR count). The summed E-state index contributed by atoms with van der Waals surface area (Å²) in [6.07, 6.45) is 1.70. The van der Waals surface area contributed by atoms with Gasteiger partial charge in [-0.3, -0.25) is 0 Å². The number of nitrogens with one attached hydrogen (secondary N) is 1. The number of furan rings is 1. The van der Waals surface area contributed by atoms with Crippen LogP contribution in [0.25, 0.3) is 0 Å². The highest BCUT2D eigenvalue weighted by molar-refractivity contribution is 5.02. The van der Waals surface area contributed by atoms with E-state index < -0.39 is 0 Å². The first-order chi connectivity index (χ1) is 7.15. The van der Waals surface area contributed by atoms with E-state index in [1.54, 1.807) is 6.26 Å². The molecule has 1 unspecified atom stereocenters. The number of rotatable bonds is 6. The van der Waals surface area contributed by atoms with Crippen LogP contribution in [-0.2, 0) is 0 Å². The lowest BCUT2D eigenvalue weighted by Gasteiger charge is -2.21. The van der Waals surface area contributed by atoms with Crippen LogP contribution in [0.3, 0.4) is 0 Å². The van der Waals surface area contributed by atoms with E-state index in [1.165, 1.54) is 0 Å². The van der Waals surface area contributed by atoms with Crippen LogP contribution in [0.4, 0.5) is 0 Å². The van der Waals surface area contributed by atoms with E-state index in [4.69, 9.17) is 10.2 Å². The molecule has 0 amide bonds. The molecule has 0 spiro atoms. The average Bonchev–Trinajstić information content (AvgIpc) is 2.70. The summed E-state index contributed by atoms with van der Waals surface area (Å²) in [5.41, 5.74) is 5.72. The van der Waals surface area contributed by atoms with Crippen LogP contribution in [0, 0.1) is 11.8 Å². The summed E-state index contributed by atoms with van der Waals surface area (Å²) in [6.45, 7) is 8.19. The zero-order chi connectivity index (χ0) is 11.3. The van der Waals surface area contributed by atoms with Crippen molar-refractivity contribution < 1.29 is 4.42 Å². The quantitative estimate of drug-likeness (QED) is 0.756. The predicted molar refractivity (Wildman–Crippen MR) is 62.5 cm³/mol. The Hall–Kier alpha value is -0.800. The first-order valence-electron chi connectivity index (χ1n) is 5.62. The molecule has 2 atom stereocenters. The molecule has 1 heterocycles. The molecule has 0 aliphatic carbocycles. The number of hydrogen-bond donors (Lipinski definition) is 2. The van der Waals surface area contributed by atoms with Crippen molar-refractivity contribution in [2.45, 2.75) is 26.8 Å². The van der Waals surface area contributed by atoms with E-state index in [-0.39, 0.29) is 6.04 Å². The van der Waals surface area contributed by atoms with Gasteiger partial charge in [-0.05, 0) is 37.4 Å². The van der Waals surface area contributed by atoms with Crippen LogP contribution in [0.2, 0.25) is 0 Å². The highest BCUT2D eigenvalue weighted by atomic mass is 16.3. The molecular weight excluding hydrogens is 188 g/mol. The fourth-order valence-corrected chi connectivity index (χ4v) is 1.56. The molecule has 1 aromatic rings. The molecule has 3 N–H and O–H groups in total. The zero-order valence-corrected chi connectivity index (χ0v) is 9.86. The Morgan fingerprint density at radius 2 is 2.13 bits per heavy atom. The second kappa shape index (κ2) is 5.93. The van der Waals surface area contributed by atoms with Crippen LogP contribution in [0.1, 0.15) is 32.6 Å². The molecule has 0 aromatic carbocycles. The minimum absolute atomic E-state index is 0.257. The highest BCUT2D eigenvalue weighted by Gasteiger charge is 2.14. The second-order valence-corrected chi connectivity index (χ2v) is 4.39. The summed E-state index contributed by atoms with van der Waals surface area (Å²) in [7, 11) is 0. The van der Waals surface area contributed by atoms with E-state index in [0.717, 1.165) is 18.8 Å². The van der Waals surface area contributed by atoms with Crippen molar-refractivity contribution in [2.24, 2.45) is 17.6 Å². The summed E-state index contributed by atoms with van der Waals surface area (Å²) in [6, 6.07) is 4.16. The molecule has 86 valence electrons. The molecule has 0 radical (unpaired) electrons. The van der Waals surface area contributed by atoms with Gasteiger partial charge >= 0.3 is 0 Å². The first-order valence-corrected chi connectivity index (χ1v) is 5.62. The molecule has 1 aromatic heterocycles. The average molecular weight is 210 g/mol. The Bertz CT molecular complexity index is 257. The van der Waals surface area contributed by atoms with Gasteiger partial charge in [0.2, 0.25) is 0 Å². The van der Waals surface area contributed by atoms with Crippen LogP contribution >= 0.6 is 0 Å². The lowest BCUT2D eigenvalue weighted by Crippen LogP contribution is -2.33. The van der Waals surface area contributed by atoms with Gasteiger partial charge in [0.15, 0.2) is 0 Å². The van der Waals surface area contributed by atoms with Gasteiger partial charge in [-0.2, -0.15) is 0 Å². The third kappa shape index (κ3) is 3.68. The molecular formula is C12H22N2O. The van der Waals surface area contributed by atoms with Gasteiger partial charge in [-0.1, -0.05) is 13.8 Å². The van der Waals surface area contributed by atoms with Crippen molar-refractivity contribution in [1.82, 2.24) is 5.32 Å². The molecule has 3 nitrogen and oxygen atoms in total. The van der Waals surface area contributed by atoms with Gasteiger partial charge < -0.3 is 15.5 Å². The summed E-state index contributed by atoms with van der Waals surface area (Å²) >= 11 is 0. The van der Waals surface area contributed by atoms with Crippen molar-refractivity contribution in [3.63, 3.8) is 0 Å². The van der Waals surface area contributed by atoms with Crippen molar-refractivity contribution in [3.05, 3.63) is 24.2 Å². The fourth-order valence-electron chi connectivity index (χ4n) is 1.56. The van der Waals surface area contributed by atoms with Crippen LogP contribution in [-0.4, -0.2) is 13.1 Å². The Balaban J connectivity index is 2.36. The molecule has 0 aliphatic heterocycles. The maximum Gasteiger partial charge on any atom is 0.120 e. The van der Waals surface area contributed by atoms with Crippen molar-refractivity contribution in [2.75, 3.05) is 13.1 Å². The Morgan fingerprint density at radius 3 is 2.60 bits per heavy atom. The van der Waals surface area contributed by atoms with E-state index in [2.05, 4.69) is 26.1 Å². The smallest absolute Gasteiger partial charge is 0.120 e. The monoisotopic (exact) mass is 210 g/mol. The lowest BCUT2D eigenvalue weighted by molar-refractivity contribution is 0.339. The predicted octanol–water partition coefficient (Wildman–Crippen LogP) is 2.16. The van der Waals surface area contributed by atoms with Gasteiger partial charge in [0.25, 0.3) is 0 Å². The maximum absolute atomic E-state index is 5.72. The molecule has 0 saturated heterocycles. The van der Waals surface area contributed by atoms with Crippen LogP contribution in [0.5, 0.6) is 0 Å². The second-order valence-electron chi connectivity index (χ2n) is 4.39. The highest BCUT2D eigenvalue weighted by Crippen LogP contribution is 2.14. The standard InChI is InChI=1S/C12H22N2O/c1-9(2)11(7-13)8-14-10(3)12-5-4-6-15-12/h4-6,9-11,14H,7-8,13H2,1-3H3/t10-,11?/m1/s1. The summed E-state index contributed by atoms with van der Waals surface area (Å²) in [5, 5.41) is 3.44. The first kappa shape index (κ1) is 12.3. The number of nitrogens with two attached hydrogens (primary N) is 1. The van der Waals surface area contributed by atoms with Crippen LogP contribution < -0.4 is 11.1 Å². The van der Waals surface area contributed by atoms with Gasteiger partial charge in [-0.15, -0.1) is 0 Å². The number of hydrogen-bond acceptors (Lipinski definition) is 3. The normalized spacial score (nSPS) is 15.5. The largest absolute Gasteiger partial charge is 0.468 e. The molecule has 0 aliphatic rings. The maximum atomic E-state index is 5.72. The van der Waals surface area contributed by atoms with Crippen molar-refractivity contribution in [1.29, 1.82) is 0 Å². The third-order valence-electron chi connectivity index (χ3n) is 2.90. The van der Waals surface area contributed by atoms with Crippen molar-refractivity contribution >= 4 is 0 Å². The molecule has 0 bridgehead atoms. The van der Waals surface area contributed by atoms with Crippen molar-refractivity contribution in [3.8, 4) is 0 Å². The minimum atomic E-state index is 0.257. The minimum Gasteiger partial charge on any atom is -0.468 e. The topological polar surface area (TPSA) is 51.2 Å². The van der Waals surface area contributed by atoms with Gasteiger partial charge in [0.1, 0.15) is 5.76 Å². The third-order valence-corrected chi connectivity index (χ3v) is 2.90. The summed E-state index contributed by atoms with van der Waals surface area (Å²) < 4.78 is 5.33. The Morgan fingerprint density at radius 1 is 1.40 bits per heavy atom. The lowest BCUT2D eigenvalue weighted by atomic mass is 9.96. The van der Waals surface area contributed by atoms with E-state index in [0.29, 0.717) is 11.8 Å². The van der Waals surface area contributed by atoms with Gasteiger partial charge in [0.05, 0.1) is 12.3 Å². The SMILES string of the molecule is CC(C)C(CN)CN[C@H](C)c1ccco1. The van der Waals surface area contributed by atoms with E-state index in [9.17, 15) is 0 Å². The van der Waals surface area contributed by atoms with Crippen LogP contribution in [0.15, 0.2) is 22.8 Å². The Labute approximate surface area is 92.0 Å². The summed E-state index contributed by atoms with van der Waals surface area (Å²) in [4.78, 5) is 0. The molecule has 15 heavy (non-hydrogen) atoms.